The molecule has 6 heteroatoms. The quantitative estimate of drug-likeness (QED) is 0.819. The molecule has 0 aliphatic heterocycles. The molecule has 2 N–H and O–H groups in total. The summed E-state index contributed by atoms with van der Waals surface area (Å²) in [4.78, 5) is 6.89. The van der Waals surface area contributed by atoms with Crippen LogP contribution < -0.4 is 5.32 Å². The van der Waals surface area contributed by atoms with Crippen LogP contribution in [0.25, 0.3) is 0 Å². The lowest BCUT2D eigenvalue weighted by Crippen LogP contribution is -2.25. The van der Waals surface area contributed by atoms with Gasteiger partial charge in [-0.15, -0.1) is 0 Å². The minimum absolute atomic E-state index is 0.0299. The van der Waals surface area contributed by atoms with E-state index in [0.29, 0.717) is 12.4 Å². The summed E-state index contributed by atoms with van der Waals surface area (Å²) in [6.07, 6.45) is 3.93. The summed E-state index contributed by atoms with van der Waals surface area (Å²) in [5.41, 5.74) is 0.0299. The second kappa shape index (κ2) is 5.88. The Kier molecular flexibility index (Phi) is 4.21. The van der Waals surface area contributed by atoms with Crippen molar-refractivity contribution in [3.63, 3.8) is 0 Å². The van der Waals surface area contributed by atoms with Crippen molar-refractivity contribution >= 4 is 0 Å². The Hall–Kier alpha value is -1.82. The van der Waals surface area contributed by atoms with E-state index in [1.165, 1.54) is 12.3 Å². The van der Waals surface area contributed by atoms with Crippen LogP contribution in [0.3, 0.4) is 0 Å². The molecule has 0 bridgehead atoms. The van der Waals surface area contributed by atoms with E-state index in [9.17, 15) is 13.2 Å². The molecule has 19 heavy (non-hydrogen) atoms. The fourth-order valence-electron chi connectivity index (χ4n) is 1.84. The van der Waals surface area contributed by atoms with Crippen LogP contribution >= 0.6 is 0 Å². The number of aromatic amines is 1. The van der Waals surface area contributed by atoms with E-state index in [1.54, 1.807) is 6.20 Å². The Morgan fingerprint density at radius 1 is 1.26 bits per heavy atom. The fraction of sp³-hybridized carbons (Fsp3) is 0.308. The van der Waals surface area contributed by atoms with E-state index in [-0.39, 0.29) is 5.56 Å². The first-order valence-corrected chi connectivity index (χ1v) is 6.01. The van der Waals surface area contributed by atoms with Crippen LogP contribution in [-0.4, -0.2) is 16.5 Å². The van der Waals surface area contributed by atoms with E-state index >= 15 is 0 Å². The first-order chi connectivity index (χ1) is 9.15. The average Bonchev–Trinajstić information content (AvgIpc) is 2.92. The van der Waals surface area contributed by atoms with Gasteiger partial charge in [0.2, 0.25) is 0 Å². The lowest BCUT2D eigenvalue weighted by Gasteiger charge is -2.17. The number of nitrogens with one attached hydrogen (secondary N) is 2. The molecule has 0 aliphatic carbocycles. The maximum Gasteiger partial charge on any atom is 0.194 e. The molecule has 1 atom stereocenters. The second-order valence-electron chi connectivity index (χ2n) is 4.13. The van der Waals surface area contributed by atoms with E-state index in [1.807, 2.05) is 6.92 Å². The first-order valence-electron chi connectivity index (χ1n) is 6.01. The molecule has 0 amide bonds. The number of nitrogens with zero attached hydrogens (tertiary/aromatic N) is 1. The van der Waals surface area contributed by atoms with Gasteiger partial charge in [-0.2, -0.15) is 0 Å². The lowest BCUT2D eigenvalue weighted by atomic mass is 10.0. The third-order valence-corrected chi connectivity index (χ3v) is 2.77. The Morgan fingerprint density at radius 3 is 2.68 bits per heavy atom. The Morgan fingerprint density at radius 2 is 2.05 bits per heavy atom. The molecule has 0 saturated heterocycles. The molecule has 0 radical (unpaired) electrons. The SMILES string of the molecule is CCCNC(c1ncc[nH]1)c1ccc(F)c(F)c1F. The molecule has 0 saturated carbocycles. The molecule has 102 valence electrons. The maximum atomic E-state index is 13.8. The predicted octanol–water partition coefficient (Wildman–Crippen LogP) is 2.92. The van der Waals surface area contributed by atoms with Gasteiger partial charge in [0, 0.05) is 18.0 Å². The van der Waals surface area contributed by atoms with Crippen molar-refractivity contribution < 1.29 is 13.2 Å². The highest BCUT2D eigenvalue weighted by Gasteiger charge is 2.23. The smallest absolute Gasteiger partial charge is 0.194 e. The van der Waals surface area contributed by atoms with Gasteiger partial charge in [-0.25, -0.2) is 18.2 Å². The molecule has 1 heterocycles. The van der Waals surface area contributed by atoms with Gasteiger partial charge < -0.3 is 10.3 Å². The van der Waals surface area contributed by atoms with Crippen LogP contribution in [0.1, 0.15) is 30.8 Å². The largest absolute Gasteiger partial charge is 0.347 e. The van der Waals surface area contributed by atoms with Crippen LogP contribution in [-0.2, 0) is 0 Å². The number of hydrogen-bond acceptors (Lipinski definition) is 2. The average molecular weight is 269 g/mol. The summed E-state index contributed by atoms with van der Waals surface area (Å²) in [7, 11) is 0. The van der Waals surface area contributed by atoms with Gasteiger partial charge in [0.25, 0.3) is 0 Å². The Labute approximate surface area is 108 Å². The van der Waals surface area contributed by atoms with Gasteiger partial charge in [0.05, 0.1) is 6.04 Å². The Balaban J connectivity index is 2.41. The molecule has 1 aromatic heterocycles. The zero-order valence-corrected chi connectivity index (χ0v) is 10.4. The summed E-state index contributed by atoms with van der Waals surface area (Å²) in [5.74, 6) is -3.40. The minimum Gasteiger partial charge on any atom is -0.347 e. The molecule has 1 unspecified atom stereocenters. The van der Waals surface area contributed by atoms with Crippen LogP contribution in [0.4, 0.5) is 13.2 Å². The molecular formula is C13H14F3N3. The number of H-pyrrole nitrogens is 1. The number of benzene rings is 1. The zero-order valence-electron chi connectivity index (χ0n) is 10.4. The molecular weight excluding hydrogens is 255 g/mol. The number of rotatable bonds is 5. The minimum atomic E-state index is -1.47. The molecule has 0 fully saturated rings. The van der Waals surface area contributed by atoms with Crippen LogP contribution in [0.5, 0.6) is 0 Å². The zero-order chi connectivity index (χ0) is 13.8. The third-order valence-electron chi connectivity index (χ3n) is 2.77. The normalized spacial score (nSPS) is 12.6. The first kappa shape index (κ1) is 13.6. The van der Waals surface area contributed by atoms with E-state index < -0.39 is 23.5 Å². The number of imidazole rings is 1. The highest BCUT2D eigenvalue weighted by atomic mass is 19.2. The highest BCUT2D eigenvalue weighted by Crippen LogP contribution is 2.25. The van der Waals surface area contributed by atoms with Crippen molar-refractivity contribution in [1.82, 2.24) is 15.3 Å². The van der Waals surface area contributed by atoms with Crippen molar-refractivity contribution in [2.75, 3.05) is 6.54 Å². The van der Waals surface area contributed by atoms with Gasteiger partial charge in [0.15, 0.2) is 17.5 Å². The van der Waals surface area contributed by atoms with Crippen molar-refractivity contribution in [3.8, 4) is 0 Å². The predicted molar refractivity (Wildman–Crippen MR) is 65.0 cm³/mol. The van der Waals surface area contributed by atoms with Crippen LogP contribution in [0.2, 0.25) is 0 Å². The molecule has 2 rings (SSSR count). The van der Waals surface area contributed by atoms with Crippen LogP contribution in [0.15, 0.2) is 24.5 Å². The number of hydrogen-bond donors (Lipinski definition) is 2. The maximum absolute atomic E-state index is 13.8. The van der Waals surface area contributed by atoms with Crippen LogP contribution in [0, 0.1) is 17.5 Å². The topological polar surface area (TPSA) is 40.7 Å². The van der Waals surface area contributed by atoms with Gasteiger partial charge in [-0.1, -0.05) is 13.0 Å². The molecule has 1 aromatic carbocycles. The second-order valence-corrected chi connectivity index (χ2v) is 4.13. The molecule has 0 aliphatic rings. The van der Waals surface area contributed by atoms with Gasteiger partial charge in [0.1, 0.15) is 5.82 Å². The summed E-state index contributed by atoms with van der Waals surface area (Å²) in [6.45, 7) is 2.55. The summed E-state index contributed by atoms with van der Waals surface area (Å²) in [5, 5.41) is 3.05. The van der Waals surface area contributed by atoms with Crippen molar-refractivity contribution in [1.29, 1.82) is 0 Å². The van der Waals surface area contributed by atoms with Gasteiger partial charge >= 0.3 is 0 Å². The van der Waals surface area contributed by atoms with E-state index in [0.717, 1.165) is 12.5 Å². The monoisotopic (exact) mass is 269 g/mol. The number of halogens is 3. The molecule has 3 nitrogen and oxygen atoms in total. The molecule has 2 aromatic rings. The van der Waals surface area contributed by atoms with Crippen molar-refractivity contribution in [3.05, 3.63) is 53.4 Å². The Bertz CT molecular complexity index is 540. The summed E-state index contributed by atoms with van der Waals surface area (Å²) >= 11 is 0. The van der Waals surface area contributed by atoms with Gasteiger partial charge in [-0.05, 0) is 19.0 Å². The summed E-state index contributed by atoms with van der Waals surface area (Å²) < 4.78 is 40.1. The van der Waals surface area contributed by atoms with Gasteiger partial charge in [-0.3, -0.25) is 0 Å². The molecule has 0 spiro atoms. The number of aromatic nitrogens is 2. The standard InChI is InChI=1S/C13H14F3N3/c1-2-5-17-12(13-18-6-7-19-13)8-3-4-9(14)11(16)10(8)15/h3-4,6-7,12,17H,2,5H2,1H3,(H,18,19). The highest BCUT2D eigenvalue weighted by molar-refractivity contribution is 5.28. The third kappa shape index (κ3) is 2.78. The van der Waals surface area contributed by atoms with Crippen molar-refractivity contribution in [2.24, 2.45) is 0 Å². The van der Waals surface area contributed by atoms with Crippen molar-refractivity contribution in [2.45, 2.75) is 19.4 Å². The van der Waals surface area contributed by atoms with E-state index in [2.05, 4.69) is 15.3 Å². The van der Waals surface area contributed by atoms with E-state index in [4.69, 9.17) is 0 Å². The summed E-state index contributed by atoms with van der Waals surface area (Å²) in [6, 6.07) is 1.51. The lowest BCUT2D eigenvalue weighted by molar-refractivity contribution is 0.430. The fourth-order valence-corrected chi connectivity index (χ4v) is 1.84.